The van der Waals surface area contributed by atoms with Crippen molar-refractivity contribution >= 4 is 17.5 Å². The van der Waals surface area contributed by atoms with E-state index < -0.39 is 0 Å². The summed E-state index contributed by atoms with van der Waals surface area (Å²) in [4.78, 5) is 41.6. The lowest BCUT2D eigenvalue weighted by molar-refractivity contribution is -0.131. The number of carbonyl (C=O) groups is 1. The number of hydrogen-bond donors (Lipinski definition) is 1. The summed E-state index contributed by atoms with van der Waals surface area (Å²) in [6, 6.07) is 20.4. The zero-order valence-corrected chi connectivity index (χ0v) is 21.6. The molecule has 8 nitrogen and oxygen atoms in total. The summed E-state index contributed by atoms with van der Waals surface area (Å²) < 4.78 is 0. The molecular formula is C29H36N6O2. The maximum Gasteiger partial charge on any atom is 0.252 e. The number of aryl methyl sites for hydroxylation is 2. The summed E-state index contributed by atoms with van der Waals surface area (Å²) in [5.74, 6) is 0.792. The molecule has 8 heteroatoms. The number of aromatic amines is 1. The van der Waals surface area contributed by atoms with E-state index in [1.165, 1.54) is 16.8 Å². The van der Waals surface area contributed by atoms with Crippen LogP contribution in [0.4, 0.5) is 11.6 Å². The molecule has 0 unspecified atom stereocenters. The number of aromatic nitrogens is 2. The molecule has 0 radical (unpaired) electrons. The van der Waals surface area contributed by atoms with Gasteiger partial charge in [0.15, 0.2) is 0 Å². The molecule has 2 saturated heterocycles. The highest BCUT2D eigenvalue weighted by Gasteiger charge is 2.23. The fourth-order valence-corrected chi connectivity index (χ4v) is 5.10. The van der Waals surface area contributed by atoms with Crippen molar-refractivity contribution in [3.8, 4) is 0 Å². The third-order valence-corrected chi connectivity index (χ3v) is 7.34. The molecule has 3 aromatic rings. The average molecular weight is 501 g/mol. The van der Waals surface area contributed by atoms with Gasteiger partial charge in [-0.05, 0) is 31.0 Å². The van der Waals surface area contributed by atoms with Crippen LogP contribution in [0.25, 0.3) is 0 Å². The van der Waals surface area contributed by atoms with Gasteiger partial charge in [-0.15, -0.1) is 0 Å². The minimum atomic E-state index is -0.125. The monoisotopic (exact) mass is 500 g/mol. The third-order valence-electron chi connectivity index (χ3n) is 7.34. The van der Waals surface area contributed by atoms with E-state index in [0.717, 1.165) is 38.3 Å². The molecule has 2 aliphatic heterocycles. The summed E-state index contributed by atoms with van der Waals surface area (Å²) in [5.41, 5.74) is 4.39. The number of hydrogen-bond acceptors (Lipinski definition) is 6. The summed E-state index contributed by atoms with van der Waals surface area (Å²) in [6.45, 7) is 9.16. The average Bonchev–Trinajstić information content (AvgIpc) is 2.93. The molecule has 2 aliphatic rings. The Morgan fingerprint density at radius 3 is 2.24 bits per heavy atom. The van der Waals surface area contributed by atoms with Gasteiger partial charge in [0.05, 0.1) is 5.69 Å². The minimum Gasteiger partial charge on any atom is -0.369 e. The number of amides is 1. The Morgan fingerprint density at radius 2 is 1.54 bits per heavy atom. The van der Waals surface area contributed by atoms with Gasteiger partial charge in [0.25, 0.3) is 5.56 Å². The largest absolute Gasteiger partial charge is 0.369 e. The molecule has 0 bridgehead atoms. The molecule has 5 rings (SSSR count). The fraction of sp³-hybridized carbons (Fsp3) is 0.414. The maximum atomic E-state index is 12.7. The second-order valence-electron chi connectivity index (χ2n) is 10.0. The Kier molecular flexibility index (Phi) is 7.84. The van der Waals surface area contributed by atoms with E-state index in [-0.39, 0.29) is 11.5 Å². The smallest absolute Gasteiger partial charge is 0.252 e. The fourth-order valence-electron chi connectivity index (χ4n) is 5.10. The van der Waals surface area contributed by atoms with Crippen LogP contribution in [-0.4, -0.2) is 78.0 Å². The van der Waals surface area contributed by atoms with Crippen LogP contribution in [-0.2, 0) is 17.8 Å². The number of rotatable bonds is 7. The number of anilines is 2. The van der Waals surface area contributed by atoms with E-state index in [9.17, 15) is 9.59 Å². The molecule has 2 aromatic carbocycles. The van der Waals surface area contributed by atoms with E-state index in [0.29, 0.717) is 45.1 Å². The van der Waals surface area contributed by atoms with Crippen LogP contribution < -0.4 is 15.4 Å². The van der Waals surface area contributed by atoms with E-state index in [2.05, 4.69) is 63.0 Å². The molecular weight excluding hydrogens is 464 g/mol. The number of H-pyrrole nitrogens is 1. The molecule has 194 valence electrons. The van der Waals surface area contributed by atoms with Crippen molar-refractivity contribution in [1.29, 1.82) is 0 Å². The van der Waals surface area contributed by atoms with Gasteiger partial charge in [0, 0.05) is 77.1 Å². The SMILES string of the molecule is Cc1ccc(N2CCN(Cc3cc(=O)[nH]c(N4CCN(C(=O)CCc5ccccc5)CC4)n3)CC2)cc1. The Balaban J connectivity index is 1.12. The van der Waals surface area contributed by atoms with Gasteiger partial charge in [-0.25, -0.2) is 4.98 Å². The zero-order valence-electron chi connectivity index (χ0n) is 21.6. The molecule has 0 atom stereocenters. The van der Waals surface area contributed by atoms with Gasteiger partial charge in [-0.3, -0.25) is 19.5 Å². The highest BCUT2D eigenvalue weighted by Crippen LogP contribution is 2.18. The van der Waals surface area contributed by atoms with Crippen LogP contribution in [0.5, 0.6) is 0 Å². The van der Waals surface area contributed by atoms with Crippen LogP contribution in [0.1, 0.15) is 23.2 Å². The Hall–Kier alpha value is -3.65. The van der Waals surface area contributed by atoms with Gasteiger partial charge in [-0.2, -0.15) is 0 Å². The summed E-state index contributed by atoms with van der Waals surface area (Å²) in [6.07, 6.45) is 1.28. The molecule has 1 aromatic heterocycles. The first kappa shape index (κ1) is 25.0. The lowest BCUT2D eigenvalue weighted by Crippen LogP contribution is -2.49. The van der Waals surface area contributed by atoms with Crippen molar-refractivity contribution in [3.63, 3.8) is 0 Å². The number of nitrogens with one attached hydrogen (secondary N) is 1. The Morgan fingerprint density at radius 1 is 0.865 bits per heavy atom. The summed E-state index contributed by atoms with van der Waals surface area (Å²) >= 11 is 0. The van der Waals surface area contributed by atoms with Crippen LogP contribution in [0.3, 0.4) is 0 Å². The van der Waals surface area contributed by atoms with Crippen molar-refractivity contribution in [3.05, 3.63) is 87.8 Å². The summed E-state index contributed by atoms with van der Waals surface area (Å²) in [5, 5.41) is 0. The van der Waals surface area contributed by atoms with Crippen molar-refractivity contribution in [2.24, 2.45) is 0 Å². The molecule has 2 fully saturated rings. The molecule has 0 aliphatic carbocycles. The standard InChI is InChI=1S/C29H36N6O2/c1-23-7-10-26(11-8-23)33-15-13-32(14-16-33)22-25-21-27(36)31-29(30-25)35-19-17-34(18-20-35)28(37)12-9-24-5-3-2-4-6-24/h2-8,10-11,21H,9,12-20,22H2,1H3,(H,30,31,36). The van der Waals surface area contributed by atoms with Gasteiger partial charge >= 0.3 is 0 Å². The molecule has 1 amide bonds. The number of carbonyl (C=O) groups excluding carboxylic acids is 1. The number of benzene rings is 2. The summed E-state index contributed by atoms with van der Waals surface area (Å²) in [7, 11) is 0. The molecule has 1 N–H and O–H groups in total. The van der Waals surface area contributed by atoms with Crippen molar-refractivity contribution < 1.29 is 4.79 Å². The van der Waals surface area contributed by atoms with Gasteiger partial charge in [0.1, 0.15) is 0 Å². The first-order chi connectivity index (χ1) is 18.0. The number of nitrogens with zero attached hydrogens (tertiary/aromatic N) is 5. The third kappa shape index (κ3) is 6.57. The van der Waals surface area contributed by atoms with Crippen LogP contribution >= 0.6 is 0 Å². The Bertz CT molecular complexity index is 1230. The Labute approximate surface area is 218 Å². The first-order valence-electron chi connectivity index (χ1n) is 13.2. The molecule has 0 spiro atoms. The van der Waals surface area contributed by atoms with E-state index in [4.69, 9.17) is 4.98 Å². The first-order valence-corrected chi connectivity index (χ1v) is 13.2. The lowest BCUT2D eigenvalue weighted by Gasteiger charge is -2.36. The van der Waals surface area contributed by atoms with E-state index in [1.807, 2.05) is 23.1 Å². The second-order valence-corrected chi connectivity index (χ2v) is 10.0. The van der Waals surface area contributed by atoms with Crippen LogP contribution in [0.2, 0.25) is 0 Å². The second kappa shape index (κ2) is 11.6. The van der Waals surface area contributed by atoms with E-state index in [1.54, 1.807) is 6.07 Å². The zero-order chi connectivity index (χ0) is 25.6. The highest BCUT2D eigenvalue weighted by molar-refractivity contribution is 5.76. The molecule has 3 heterocycles. The normalized spacial score (nSPS) is 16.7. The van der Waals surface area contributed by atoms with Gasteiger partial charge in [-0.1, -0.05) is 48.0 Å². The topological polar surface area (TPSA) is 75.8 Å². The van der Waals surface area contributed by atoms with Gasteiger partial charge in [0.2, 0.25) is 11.9 Å². The molecule has 37 heavy (non-hydrogen) atoms. The van der Waals surface area contributed by atoms with Gasteiger partial charge < -0.3 is 14.7 Å². The van der Waals surface area contributed by atoms with Crippen molar-refractivity contribution in [1.82, 2.24) is 19.8 Å². The quantitative estimate of drug-likeness (QED) is 0.538. The van der Waals surface area contributed by atoms with Crippen LogP contribution in [0.15, 0.2) is 65.5 Å². The van der Waals surface area contributed by atoms with Crippen LogP contribution in [0, 0.1) is 6.92 Å². The van der Waals surface area contributed by atoms with E-state index >= 15 is 0 Å². The maximum absolute atomic E-state index is 12.7. The number of piperazine rings is 2. The predicted octanol–water partition coefficient (Wildman–Crippen LogP) is 2.68. The highest BCUT2D eigenvalue weighted by atomic mass is 16.2. The minimum absolute atomic E-state index is 0.125. The lowest BCUT2D eigenvalue weighted by atomic mass is 10.1. The predicted molar refractivity (Wildman–Crippen MR) is 147 cm³/mol. The molecule has 0 saturated carbocycles. The van der Waals surface area contributed by atoms with Crippen molar-refractivity contribution in [2.75, 3.05) is 62.2 Å². The van der Waals surface area contributed by atoms with Crippen molar-refractivity contribution in [2.45, 2.75) is 26.3 Å².